The second-order valence-corrected chi connectivity index (χ2v) is 7.03. The van der Waals surface area contributed by atoms with Gasteiger partial charge in [0.05, 0.1) is 15.0 Å². The van der Waals surface area contributed by atoms with E-state index in [2.05, 4.69) is 15.9 Å². The molecule has 0 fully saturated rings. The number of halogens is 2. The van der Waals surface area contributed by atoms with Gasteiger partial charge >= 0.3 is 0 Å². The maximum atomic E-state index is 11.9. The van der Waals surface area contributed by atoms with Crippen molar-refractivity contribution in [2.45, 2.75) is 4.90 Å². The molecule has 1 amide bonds. The first kappa shape index (κ1) is 15.9. The van der Waals surface area contributed by atoms with Gasteiger partial charge in [-0.1, -0.05) is 0 Å². The third kappa shape index (κ3) is 3.43. The molecule has 0 spiro atoms. The van der Waals surface area contributed by atoms with Gasteiger partial charge in [0.15, 0.2) is 0 Å². The van der Waals surface area contributed by atoms with Gasteiger partial charge in [0.2, 0.25) is 0 Å². The topological polar surface area (TPSA) is 97.6 Å². The van der Waals surface area contributed by atoms with Gasteiger partial charge in [-0.05, 0) is 15.9 Å². The SMILES string of the molecule is CN(C)C(=O)c1cc([N+](=O)[O-])cc(S(=O)(=O)Cl)c1Br. The highest BCUT2D eigenvalue weighted by Gasteiger charge is 2.26. The van der Waals surface area contributed by atoms with Crippen LogP contribution in [0, 0.1) is 10.1 Å². The first-order valence-corrected chi connectivity index (χ1v) is 7.80. The molecule has 0 unspecified atom stereocenters. The van der Waals surface area contributed by atoms with E-state index in [4.69, 9.17) is 10.7 Å². The van der Waals surface area contributed by atoms with Gasteiger partial charge in [-0.2, -0.15) is 0 Å². The largest absolute Gasteiger partial charge is 0.345 e. The van der Waals surface area contributed by atoms with Crippen molar-refractivity contribution >= 4 is 47.3 Å². The van der Waals surface area contributed by atoms with Gasteiger partial charge < -0.3 is 4.90 Å². The second-order valence-electron chi connectivity index (χ2n) is 3.70. The molecule has 0 atom stereocenters. The number of benzene rings is 1. The summed E-state index contributed by atoms with van der Waals surface area (Å²) in [5.74, 6) is -0.586. The van der Waals surface area contributed by atoms with Crippen molar-refractivity contribution in [2.24, 2.45) is 0 Å². The van der Waals surface area contributed by atoms with Crippen molar-refractivity contribution in [3.05, 3.63) is 32.3 Å². The van der Waals surface area contributed by atoms with Crippen molar-refractivity contribution in [1.29, 1.82) is 0 Å². The summed E-state index contributed by atoms with van der Waals surface area (Å²) in [4.78, 5) is 22.5. The van der Waals surface area contributed by atoms with E-state index in [1.54, 1.807) is 0 Å². The van der Waals surface area contributed by atoms with Crippen LogP contribution < -0.4 is 0 Å². The summed E-state index contributed by atoms with van der Waals surface area (Å²) in [5, 5.41) is 10.8. The second kappa shape index (κ2) is 5.43. The number of rotatable bonds is 3. The number of amides is 1. The Morgan fingerprint density at radius 3 is 2.32 bits per heavy atom. The summed E-state index contributed by atoms with van der Waals surface area (Å²) in [5.41, 5.74) is -0.689. The Labute approximate surface area is 121 Å². The number of carbonyl (C=O) groups excluding carboxylic acids is 1. The summed E-state index contributed by atoms with van der Waals surface area (Å²) in [7, 11) is 3.84. The molecule has 0 saturated carbocycles. The molecule has 0 radical (unpaired) electrons. The van der Waals surface area contributed by atoms with Crippen LogP contribution in [0.15, 0.2) is 21.5 Å². The number of nitro groups is 1. The van der Waals surface area contributed by atoms with Crippen LogP contribution in [0.4, 0.5) is 5.69 Å². The Balaban J connectivity index is 3.70. The smallest absolute Gasteiger partial charge is 0.271 e. The number of hydrogen-bond donors (Lipinski definition) is 0. The lowest BCUT2D eigenvalue weighted by Crippen LogP contribution is -2.22. The third-order valence-electron chi connectivity index (χ3n) is 2.13. The van der Waals surface area contributed by atoms with Gasteiger partial charge in [0.1, 0.15) is 4.90 Å². The van der Waals surface area contributed by atoms with Crippen molar-refractivity contribution in [1.82, 2.24) is 4.90 Å². The average Bonchev–Trinajstić information content (AvgIpc) is 2.26. The quantitative estimate of drug-likeness (QED) is 0.460. The fraction of sp³-hybridized carbons (Fsp3) is 0.222. The van der Waals surface area contributed by atoms with Crippen molar-refractivity contribution in [3.63, 3.8) is 0 Å². The highest BCUT2D eigenvalue weighted by atomic mass is 79.9. The Bertz CT molecular complexity index is 659. The summed E-state index contributed by atoms with van der Waals surface area (Å²) < 4.78 is 22.6. The molecule has 0 aliphatic rings. The van der Waals surface area contributed by atoms with Gasteiger partial charge in [-0.15, -0.1) is 0 Å². The van der Waals surface area contributed by atoms with Crippen LogP contribution in [-0.4, -0.2) is 38.2 Å². The van der Waals surface area contributed by atoms with Crippen molar-refractivity contribution in [2.75, 3.05) is 14.1 Å². The Morgan fingerprint density at radius 2 is 1.95 bits per heavy atom. The van der Waals surface area contributed by atoms with E-state index in [1.807, 2.05) is 0 Å². The van der Waals surface area contributed by atoms with E-state index in [1.165, 1.54) is 14.1 Å². The lowest BCUT2D eigenvalue weighted by atomic mass is 10.2. The summed E-state index contributed by atoms with van der Waals surface area (Å²) in [6.07, 6.45) is 0. The van der Waals surface area contributed by atoms with Gasteiger partial charge in [0, 0.05) is 36.9 Å². The minimum Gasteiger partial charge on any atom is -0.345 e. The van der Waals surface area contributed by atoms with Crippen LogP contribution in [0.2, 0.25) is 0 Å². The van der Waals surface area contributed by atoms with E-state index >= 15 is 0 Å². The standard InChI is InChI=1S/C9H8BrClN2O5S/c1-12(2)9(14)6-3-5(13(15)16)4-7(8(6)10)19(11,17)18/h3-4H,1-2H3. The van der Waals surface area contributed by atoms with Gasteiger partial charge in [-0.25, -0.2) is 8.42 Å². The molecule has 0 bridgehead atoms. The molecule has 1 aromatic rings. The third-order valence-corrected chi connectivity index (χ3v) is 4.60. The lowest BCUT2D eigenvalue weighted by Gasteiger charge is -2.13. The van der Waals surface area contributed by atoms with Crippen molar-refractivity contribution < 1.29 is 18.1 Å². The molecule has 104 valence electrons. The number of carbonyl (C=O) groups is 1. The van der Waals surface area contributed by atoms with E-state index in [0.717, 1.165) is 17.0 Å². The summed E-state index contributed by atoms with van der Waals surface area (Å²) in [6, 6.07) is 1.77. The summed E-state index contributed by atoms with van der Waals surface area (Å²) in [6.45, 7) is 0. The molecular weight excluding hydrogens is 364 g/mol. The number of hydrogen-bond acceptors (Lipinski definition) is 5. The molecule has 10 heteroatoms. The maximum Gasteiger partial charge on any atom is 0.271 e. The Kier molecular flexibility index (Phi) is 4.54. The van der Waals surface area contributed by atoms with E-state index in [-0.39, 0.29) is 10.0 Å². The lowest BCUT2D eigenvalue weighted by molar-refractivity contribution is -0.385. The zero-order valence-corrected chi connectivity index (χ0v) is 12.9. The number of nitro benzene ring substituents is 1. The molecule has 1 aromatic carbocycles. The minimum absolute atomic E-state index is 0.105. The van der Waals surface area contributed by atoms with Crippen molar-refractivity contribution in [3.8, 4) is 0 Å². The molecule has 0 N–H and O–H groups in total. The average molecular weight is 372 g/mol. The Hall–Kier alpha value is -1.19. The summed E-state index contributed by atoms with van der Waals surface area (Å²) >= 11 is 2.94. The molecular formula is C9H8BrClN2O5S. The minimum atomic E-state index is -4.22. The van der Waals surface area contributed by atoms with Gasteiger partial charge in [0.25, 0.3) is 20.6 Å². The van der Waals surface area contributed by atoms with Gasteiger partial charge in [-0.3, -0.25) is 14.9 Å². The fourth-order valence-electron chi connectivity index (χ4n) is 1.26. The van der Waals surface area contributed by atoms with Crippen LogP contribution in [0.5, 0.6) is 0 Å². The first-order valence-electron chi connectivity index (χ1n) is 4.70. The zero-order chi connectivity index (χ0) is 15.0. The van der Waals surface area contributed by atoms with Crippen LogP contribution in [-0.2, 0) is 9.05 Å². The number of non-ortho nitro benzene ring substituents is 1. The molecule has 19 heavy (non-hydrogen) atoms. The van der Waals surface area contributed by atoms with Crippen LogP contribution in [0.3, 0.4) is 0 Å². The molecule has 0 aromatic heterocycles. The van der Waals surface area contributed by atoms with E-state index in [0.29, 0.717) is 0 Å². The molecule has 7 nitrogen and oxygen atoms in total. The fourth-order valence-corrected chi connectivity index (χ4v) is 3.53. The Morgan fingerprint density at radius 1 is 1.42 bits per heavy atom. The van der Waals surface area contributed by atoms with E-state index < -0.39 is 30.5 Å². The first-order chi connectivity index (χ1) is 8.55. The molecule has 0 aliphatic heterocycles. The van der Waals surface area contributed by atoms with Crippen LogP contribution in [0.1, 0.15) is 10.4 Å². The molecule has 0 aliphatic carbocycles. The molecule has 0 saturated heterocycles. The highest BCUT2D eigenvalue weighted by molar-refractivity contribution is 9.10. The zero-order valence-electron chi connectivity index (χ0n) is 9.75. The number of nitrogens with zero attached hydrogens (tertiary/aromatic N) is 2. The van der Waals surface area contributed by atoms with Crippen LogP contribution in [0.25, 0.3) is 0 Å². The normalized spacial score (nSPS) is 11.2. The van der Waals surface area contributed by atoms with E-state index in [9.17, 15) is 23.3 Å². The molecule has 0 heterocycles. The highest BCUT2D eigenvalue weighted by Crippen LogP contribution is 2.33. The maximum absolute atomic E-state index is 11.9. The monoisotopic (exact) mass is 370 g/mol. The predicted molar refractivity (Wildman–Crippen MR) is 71.9 cm³/mol. The molecule has 1 rings (SSSR count). The van der Waals surface area contributed by atoms with Crippen LogP contribution >= 0.6 is 26.6 Å². The predicted octanol–water partition coefficient (Wildman–Crippen LogP) is 1.99.